The third-order valence-corrected chi connectivity index (χ3v) is 6.33. The molecule has 2 aromatic carbocycles. The molecule has 0 unspecified atom stereocenters. The molecule has 0 N–H and O–H groups in total. The van der Waals surface area contributed by atoms with Crippen LogP contribution in [0.2, 0.25) is 0 Å². The first kappa shape index (κ1) is 27.0. The Morgan fingerprint density at radius 2 is 0.939 bits per heavy atom. The highest BCUT2D eigenvalue weighted by Crippen LogP contribution is 2.30. The van der Waals surface area contributed by atoms with Crippen LogP contribution in [0, 0.1) is 0 Å². The van der Waals surface area contributed by atoms with Gasteiger partial charge in [-0.2, -0.15) is 0 Å². The minimum Gasteiger partial charge on any atom is -0.427 e. The molecule has 180 valence electrons. The summed E-state index contributed by atoms with van der Waals surface area (Å²) in [6, 6.07) is 15.1. The first-order valence-corrected chi connectivity index (χ1v) is 13.2. The van der Waals surface area contributed by atoms with Gasteiger partial charge in [-0.3, -0.25) is 9.59 Å². The molecule has 0 atom stereocenters. The minimum atomic E-state index is -0.169. The number of carbonyl (C=O) groups is 2. The van der Waals surface area contributed by atoms with E-state index in [1.807, 2.05) is 48.5 Å². The first-order chi connectivity index (χ1) is 16.1. The molecule has 2 aromatic rings. The van der Waals surface area contributed by atoms with Gasteiger partial charge in [0.1, 0.15) is 11.5 Å². The molecular weight excluding hydrogens is 432 g/mol. The topological polar surface area (TPSA) is 52.6 Å². The second-order valence-corrected chi connectivity index (χ2v) is 9.47. The molecule has 0 saturated carbocycles. The van der Waals surface area contributed by atoms with Crippen molar-refractivity contribution in [3.63, 3.8) is 0 Å². The van der Waals surface area contributed by atoms with Crippen molar-refractivity contribution in [3.05, 3.63) is 48.5 Å². The lowest BCUT2D eigenvalue weighted by Gasteiger charge is -2.07. The molecule has 5 heteroatoms. The molecule has 0 aliphatic heterocycles. The molecule has 0 radical (unpaired) electrons. The number of esters is 2. The van der Waals surface area contributed by atoms with Crippen LogP contribution in [0.1, 0.15) is 90.9 Å². The largest absolute Gasteiger partial charge is 0.427 e. The summed E-state index contributed by atoms with van der Waals surface area (Å²) in [7, 11) is 0. The number of carbonyl (C=O) groups excluding carboxylic acids is 2. The Morgan fingerprint density at radius 3 is 1.30 bits per heavy atom. The normalized spacial score (nSPS) is 10.7. The van der Waals surface area contributed by atoms with Crippen LogP contribution in [0.3, 0.4) is 0 Å². The summed E-state index contributed by atoms with van der Waals surface area (Å²) in [6.07, 6.45) is 12.1. The average molecular weight is 471 g/mol. The highest BCUT2D eigenvalue weighted by atomic mass is 32.2. The van der Waals surface area contributed by atoms with Gasteiger partial charge in [-0.1, -0.05) is 77.0 Å². The van der Waals surface area contributed by atoms with E-state index in [-0.39, 0.29) is 11.9 Å². The minimum absolute atomic E-state index is 0.169. The Kier molecular flexibility index (Phi) is 13.4. The van der Waals surface area contributed by atoms with E-state index in [1.54, 1.807) is 11.8 Å². The van der Waals surface area contributed by atoms with Crippen molar-refractivity contribution in [1.29, 1.82) is 0 Å². The second-order valence-electron chi connectivity index (χ2n) is 8.32. The Labute approximate surface area is 203 Å². The lowest BCUT2D eigenvalue weighted by atomic mass is 10.1. The summed E-state index contributed by atoms with van der Waals surface area (Å²) in [5, 5.41) is 0. The molecule has 0 saturated heterocycles. The molecule has 4 nitrogen and oxygen atoms in total. The van der Waals surface area contributed by atoms with Crippen LogP contribution < -0.4 is 9.47 Å². The summed E-state index contributed by atoms with van der Waals surface area (Å²) in [5.41, 5.74) is 0. The van der Waals surface area contributed by atoms with E-state index in [9.17, 15) is 9.59 Å². The Morgan fingerprint density at radius 1 is 0.576 bits per heavy atom. The van der Waals surface area contributed by atoms with E-state index in [2.05, 4.69) is 13.8 Å². The van der Waals surface area contributed by atoms with Crippen LogP contribution in [0.5, 0.6) is 11.5 Å². The highest BCUT2D eigenvalue weighted by Gasteiger charge is 2.07. The van der Waals surface area contributed by atoms with Crippen LogP contribution in [0.25, 0.3) is 0 Å². The fraction of sp³-hybridized carbons (Fsp3) is 0.500. The molecule has 0 bridgehead atoms. The van der Waals surface area contributed by atoms with Gasteiger partial charge in [-0.25, -0.2) is 0 Å². The zero-order valence-corrected chi connectivity index (χ0v) is 21.0. The Bertz CT molecular complexity index is 745. The molecule has 0 heterocycles. The summed E-state index contributed by atoms with van der Waals surface area (Å²) < 4.78 is 10.9. The third kappa shape index (κ3) is 12.0. The van der Waals surface area contributed by atoms with Crippen LogP contribution in [0.4, 0.5) is 0 Å². The lowest BCUT2D eigenvalue weighted by Crippen LogP contribution is -2.07. The molecule has 0 aliphatic rings. The van der Waals surface area contributed by atoms with Crippen LogP contribution in [-0.4, -0.2) is 11.9 Å². The van der Waals surface area contributed by atoms with Gasteiger partial charge in [0.05, 0.1) is 0 Å². The summed E-state index contributed by atoms with van der Waals surface area (Å²) in [6.45, 7) is 4.36. The SMILES string of the molecule is CCCCCCCC(=O)Oc1ccc(Sc2ccc(OC(=O)CCCCCCC)cc2)cc1. The average Bonchev–Trinajstić information content (AvgIpc) is 2.81. The van der Waals surface area contributed by atoms with Gasteiger partial charge in [0.15, 0.2) is 0 Å². The second kappa shape index (κ2) is 16.4. The van der Waals surface area contributed by atoms with E-state index in [1.165, 1.54) is 38.5 Å². The van der Waals surface area contributed by atoms with E-state index >= 15 is 0 Å². The number of ether oxygens (including phenoxy) is 2. The summed E-state index contributed by atoms with van der Waals surface area (Å²) >= 11 is 1.60. The van der Waals surface area contributed by atoms with Crippen LogP contribution >= 0.6 is 11.8 Å². The van der Waals surface area contributed by atoms with Gasteiger partial charge in [0.2, 0.25) is 0 Å². The lowest BCUT2D eigenvalue weighted by molar-refractivity contribution is -0.135. The van der Waals surface area contributed by atoms with Crippen molar-refractivity contribution >= 4 is 23.7 Å². The number of hydrogen-bond acceptors (Lipinski definition) is 5. The maximum absolute atomic E-state index is 12.0. The number of rotatable bonds is 16. The molecular formula is C28H38O4S. The quantitative estimate of drug-likeness (QED) is 0.140. The summed E-state index contributed by atoms with van der Waals surface area (Å²) in [4.78, 5) is 26.0. The third-order valence-electron chi connectivity index (χ3n) is 5.32. The van der Waals surface area contributed by atoms with Gasteiger partial charge >= 0.3 is 11.9 Å². The van der Waals surface area contributed by atoms with Gasteiger partial charge < -0.3 is 9.47 Å². The fourth-order valence-corrected chi connectivity index (χ4v) is 4.21. The van der Waals surface area contributed by atoms with Crippen molar-refractivity contribution in [1.82, 2.24) is 0 Å². The standard InChI is InChI=1S/C28H38O4S/c1-3-5-7-9-11-13-27(29)31-23-15-19-25(20-16-23)33-26-21-17-24(18-22-26)32-28(30)14-12-10-8-6-4-2/h15-22H,3-14H2,1-2H3. The van der Waals surface area contributed by atoms with Crippen molar-refractivity contribution in [2.45, 2.75) is 101 Å². The number of unbranched alkanes of at least 4 members (excludes halogenated alkanes) is 8. The van der Waals surface area contributed by atoms with Gasteiger partial charge in [0, 0.05) is 22.6 Å². The maximum Gasteiger partial charge on any atom is 0.311 e. The monoisotopic (exact) mass is 470 g/mol. The highest BCUT2D eigenvalue weighted by molar-refractivity contribution is 7.99. The maximum atomic E-state index is 12.0. The number of hydrogen-bond donors (Lipinski definition) is 0. The smallest absolute Gasteiger partial charge is 0.311 e. The van der Waals surface area contributed by atoms with Crippen molar-refractivity contribution in [3.8, 4) is 11.5 Å². The van der Waals surface area contributed by atoms with Crippen molar-refractivity contribution in [2.24, 2.45) is 0 Å². The van der Waals surface area contributed by atoms with E-state index in [4.69, 9.17) is 9.47 Å². The van der Waals surface area contributed by atoms with Crippen molar-refractivity contribution in [2.75, 3.05) is 0 Å². The predicted molar refractivity (Wildman–Crippen MR) is 135 cm³/mol. The fourth-order valence-electron chi connectivity index (χ4n) is 3.40. The van der Waals surface area contributed by atoms with E-state index in [0.717, 1.165) is 35.5 Å². The van der Waals surface area contributed by atoms with Gasteiger partial charge in [-0.15, -0.1) is 0 Å². The first-order valence-electron chi connectivity index (χ1n) is 12.4. The molecule has 0 fully saturated rings. The van der Waals surface area contributed by atoms with E-state index in [0.29, 0.717) is 24.3 Å². The Hall–Kier alpha value is -2.27. The Balaban J connectivity index is 1.71. The zero-order chi connectivity index (χ0) is 23.7. The zero-order valence-electron chi connectivity index (χ0n) is 20.1. The van der Waals surface area contributed by atoms with Crippen LogP contribution in [0.15, 0.2) is 58.3 Å². The predicted octanol–water partition coefficient (Wildman–Crippen LogP) is 8.37. The van der Waals surface area contributed by atoms with E-state index < -0.39 is 0 Å². The molecule has 0 aliphatic carbocycles. The molecule has 0 spiro atoms. The van der Waals surface area contributed by atoms with Crippen molar-refractivity contribution < 1.29 is 19.1 Å². The molecule has 2 rings (SSSR count). The molecule has 0 aromatic heterocycles. The van der Waals surface area contributed by atoms with Gasteiger partial charge in [-0.05, 0) is 61.4 Å². The molecule has 33 heavy (non-hydrogen) atoms. The van der Waals surface area contributed by atoms with Crippen LogP contribution in [-0.2, 0) is 9.59 Å². The molecule has 0 amide bonds. The van der Waals surface area contributed by atoms with Gasteiger partial charge in [0.25, 0.3) is 0 Å². The summed E-state index contributed by atoms with van der Waals surface area (Å²) in [5.74, 6) is 0.820. The number of benzene rings is 2.